The van der Waals surface area contributed by atoms with Gasteiger partial charge in [-0.3, -0.25) is 4.79 Å². The van der Waals surface area contributed by atoms with E-state index in [0.29, 0.717) is 17.5 Å². The van der Waals surface area contributed by atoms with Crippen molar-refractivity contribution in [1.82, 2.24) is 4.90 Å². The number of carboxylic acids is 1. The predicted octanol–water partition coefficient (Wildman–Crippen LogP) is 2.71. The number of nitrogens with one attached hydrogen (secondary N) is 1. The molecule has 0 bridgehead atoms. The molecule has 24 heavy (non-hydrogen) atoms. The summed E-state index contributed by atoms with van der Waals surface area (Å²) in [6, 6.07) is 7.75. The van der Waals surface area contributed by atoms with Crippen molar-refractivity contribution >= 4 is 17.6 Å². The molecule has 0 aromatic heterocycles. The zero-order chi connectivity index (χ0) is 17.7. The summed E-state index contributed by atoms with van der Waals surface area (Å²) >= 11 is 0. The molecule has 0 spiro atoms. The van der Waals surface area contributed by atoms with Crippen LogP contribution < -0.4 is 5.32 Å². The Balaban J connectivity index is 2.07. The van der Waals surface area contributed by atoms with E-state index in [9.17, 15) is 14.9 Å². The molecule has 1 aliphatic heterocycles. The van der Waals surface area contributed by atoms with E-state index in [1.165, 1.54) is 24.3 Å². The number of likely N-dealkylation sites (tertiary alicyclic amines) is 1. The molecule has 6 nitrogen and oxygen atoms in total. The molecule has 1 aliphatic rings. The molecule has 1 heterocycles. The van der Waals surface area contributed by atoms with E-state index in [4.69, 9.17) is 5.11 Å². The number of nitriles is 1. The highest BCUT2D eigenvalue weighted by atomic mass is 16.4. The summed E-state index contributed by atoms with van der Waals surface area (Å²) in [4.78, 5) is 25.1. The van der Waals surface area contributed by atoms with Crippen molar-refractivity contribution in [3.05, 3.63) is 41.6 Å². The quantitative estimate of drug-likeness (QED) is 0.655. The highest BCUT2D eigenvalue weighted by Gasteiger charge is 2.21. The standard InChI is InChI=1S/C18H21N3O3/c1-12-7-13(2)10-21(9-12)11-15(8-19)17(22)20-16-5-3-14(4-6-16)18(23)24/h3-6,11-13H,7,9-10H2,1-2H3,(H,20,22)(H,23,24)/b15-11-. The average Bonchev–Trinajstić information content (AvgIpc) is 2.52. The van der Waals surface area contributed by atoms with Gasteiger partial charge in [0.15, 0.2) is 0 Å². The van der Waals surface area contributed by atoms with Gasteiger partial charge in [-0.25, -0.2) is 4.79 Å². The maximum atomic E-state index is 12.3. The molecule has 0 aliphatic carbocycles. The molecule has 1 amide bonds. The minimum Gasteiger partial charge on any atom is -0.478 e. The fourth-order valence-corrected chi connectivity index (χ4v) is 3.03. The Kier molecular flexibility index (Phi) is 5.59. The normalized spacial score (nSPS) is 21.0. The molecule has 0 radical (unpaired) electrons. The number of hydrogen-bond acceptors (Lipinski definition) is 4. The lowest BCUT2D eigenvalue weighted by Crippen LogP contribution is -2.35. The number of hydrogen-bond donors (Lipinski definition) is 2. The fourth-order valence-electron chi connectivity index (χ4n) is 3.03. The molecule has 2 rings (SSSR count). The number of piperidine rings is 1. The second-order valence-electron chi connectivity index (χ2n) is 6.39. The molecule has 1 saturated heterocycles. The van der Waals surface area contributed by atoms with Crippen molar-refractivity contribution in [3.63, 3.8) is 0 Å². The van der Waals surface area contributed by atoms with E-state index in [1.54, 1.807) is 6.20 Å². The van der Waals surface area contributed by atoms with Crippen molar-refractivity contribution in [2.24, 2.45) is 11.8 Å². The second-order valence-corrected chi connectivity index (χ2v) is 6.39. The Labute approximate surface area is 141 Å². The molecule has 6 heteroatoms. The van der Waals surface area contributed by atoms with Gasteiger partial charge in [-0.1, -0.05) is 13.8 Å². The third-order valence-electron chi connectivity index (χ3n) is 3.96. The Bertz CT molecular complexity index is 678. The average molecular weight is 327 g/mol. The van der Waals surface area contributed by atoms with Crippen LogP contribution in [-0.2, 0) is 4.79 Å². The molecule has 1 aromatic rings. The largest absolute Gasteiger partial charge is 0.478 e. The number of carboxylic acid groups (broad SMARTS) is 1. The van der Waals surface area contributed by atoms with Crippen LogP contribution in [0.4, 0.5) is 5.69 Å². The van der Waals surface area contributed by atoms with E-state index in [-0.39, 0.29) is 11.1 Å². The highest BCUT2D eigenvalue weighted by Crippen LogP contribution is 2.21. The van der Waals surface area contributed by atoms with E-state index in [1.807, 2.05) is 11.0 Å². The van der Waals surface area contributed by atoms with Crippen LogP contribution in [0, 0.1) is 23.2 Å². The van der Waals surface area contributed by atoms with Crippen LogP contribution >= 0.6 is 0 Å². The number of carbonyl (C=O) groups excluding carboxylic acids is 1. The first kappa shape index (κ1) is 17.5. The van der Waals surface area contributed by atoms with Crippen LogP contribution in [0.15, 0.2) is 36.0 Å². The molecular weight excluding hydrogens is 306 g/mol. The number of nitrogens with zero attached hydrogens (tertiary/aromatic N) is 2. The summed E-state index contributed by atoms with van der Waals surface area (Å²) in [7, 11) is 0. The third kappa shape index (κ3) is 4.59. The van der Waals surface area contributed by atoms with Gasteiger partial charge in [0.1, 0.15) is 11.6 Å². The summed E-state index contributed by atoms with van der Waals surface area (Å²) in [5.74, 6) is -0.474. The lowest BCUT2D eigenvalue weighted by atomic mass is 9.92. The Morgan fingerprint density at radius 3 is 2.33 bits per heavy atom. The van der Waals surface area contributed by atoms with Gasteiger partial charge >= 0.3 is 5.97 Å². The topological polar surface area (TPSA) is 93.4 Å². The van der Waals surface area contributed by atoms with Crippen LogP contribution in [0.1, 0.15) is 30.6 Å². The van der Waals surface area contributed by atoms with E-state index < -0.39 is 11.9 Å². The maximum Gasteiger partial charge on any atom is 0.335 e. The number of rotatable bonds is 4. The molecule has 1 fully saturated rings. The van der Waals surface area contributed by atoms with Crippen LogP contribution in [0.25, 0.3) is 0 Å². The number of carbonyl (C=O) groups is 2. The Morgan fingerprint density at radius 1 is 1.25 bits per heavy atom. The molecule has 2 atom stereocenters. The maximum absolute atomic E-state index is 12.3. The van der Waals surface area contributed by atoms with Gasteiger partial charge in [0.05, 0.1) is 5.56 Å². The lowest BCUT2D eigenvalue weighted by molar-refractivity contribution is -0.112. The predicted molar refractivity (Wildman–Crippen MR) is 90.2 cm³/mol. The van der Waals surface area contributed by atoms with Crippen molar-refractivity contribution in [3.8, 4) is 6.07 Å². The fraction of sp³-hybridized carbons (Fsp3) is 0.389. The lowest BCUT2D eigenvalue weighted by Gasteiger charge is -2.34. The summed E-state index contributed by atoms with van der Waals surface area (Å²) < 4.78 is 0. The zero-order valence-electron chi connectivity index (χ0n) is 13.8. The number of anilines is 1. The SMILES string of the molecule is CC1CC(C)CN(/C=C(/C#N)C(=O)Nc2ccc(C(=O)O)cc2)C1. The van der Waals surface area contributed by atoms with Gasteiger partial charge in [-0.15, -0.1) is 0 Å². The van der Waals surface area contributed by atoms with Gasteiger partial charge in [-0.05, 0) is 42.5 Å². The minimum atomic E-state index is -1.03. The molecule has 2 unspecified atom stereocenters. The Morgan fingerprint density at radius 2 is 1.83 bits per heavy atom. The number of amides is 1. The van der Waals surface area contributed by atoms with Gasteiger partial charge in [0.2, 0.25) is 0 Å². The third-order valence-corrected chi connectivity index (χ3v) is 3.96. The molecule has 2 N–H and O–H groups in total. The van der Waals surface area contributed by atoms with Crippen molar-refractivity contribution in [1.29, 1.82) is 5.26 Å². The number of aromatic carboxylic acids is 1. The minimum absolute atomic E-state index is 0.0404. The second kappa shape index (κ2) is 7.64. The smallest absolute Gasteiger partial charge is 0.335 e. The van der Waals surface area contributed by atoms with Gasteiger partial charge in [0, 0.05) is 25.0 Å². The molecular formula is C18H21N3O3. The Hall–Kier alpha value is -2.81. The first-order chi connectivity index (χ1) is 11.4. The van der Waals surface area contributed by atoms with Crippen molar-refractivity contribution in [2.45, 2.75) is 20.3 Å². The van der Waals surface area contributed by atoms with Crippen LogP contribution in [0.3, 0.4) is 0 Å². The number of benzene rings is 1. The van der Waals surface area contributed by atoms with E-state index >= 15 is 0 Å². The molecule has 0 saturated carbocycles. The van der Waals surface area contributed by atoms with Crippen molar-refractivity contribution < 1.29 is 14.7 Å². The van der Waals surface area contributed by atoms with Crippen molar-refractivity contribution in [2.75, 3.05) is 18.4 Å². The van der Waals surface area contributed by atoms with Crippen LogP contribution in [-0.4, -0.2) is 35.0 Å². The zero-order valence-corrected chi connectivity index (χ0v) is 13.8. The van der Waals surface area contributed by atoms with Gasteiger partial charge in [0.25, 0.3) is 5.91 Å². The summed E-state index contributed by atoms with van der Waals surface area (Å²) in [5, 5.41) is 20.8. The van der Waals surface area contributed by atoms with Crippen LogP contribution in [0.2, 0.25) is 0 Å². The highest BCUT2D eigenvalue weighted by molar-refractivity contribution is 6.06. The van der Waals surface area contributed by atoms with Gasteiger partial charge in [-0.2, -0.15) is 5.26 Å². The first-order valence-electron chi connectivity index (χ1n) is 7.89. The first-order valence-corrected chi connectivity index (χ1v) is 7.89. The summed E-state index contributed by atoms with van der Waals surface area (Å²) in [5.41, 5.74) is 0.630. The van der Waals surface area contributed by atoms with Crippen LogP contribution in [0.5, 0.6) is 0 Å². The molecule has 1 aromatic carbocycles. The summed E-state index contributed by atoms with van der Waals surface area (Å²) in [6.07, 6.45) is 2.77. The molecule has 126 valence electrons. The summed E-state index contributed by atoms with van der Waals surface area (Å²) in [6.45, 7) is 5.98. The van der Waals surface area contributed by atoms with E-state index in [0.717, 1.165) is 19.5 Å². The monoisotopic (exact) mass is 327 g/mol. The van der Waals surface area contributed by atoms with E-state index in [2.05, 4.69) is 19.2 Å². The van der Waals surface area contributed by atoms with Gasteiger partial charge < -0.3 is 15.3 Å².